The normalized spacial score (nSPS) is 14.9. The van der Waals surface area contributed by atoms with Crippen LogP contribution in [0.5, 0.6) is 0 Å². The number of nitrogens with one attached hydrogen (secondary N) is 3. The lowest BCUT2D eigenvalue weighted by molar-refractivity contribution is -0.116. The maximum atomic E-state index is 12.1. The van der Waals surface area contributed by atoms with E-state index in [1.54, 1.807) is 51.1 Å². The molecule has 0 saturated heterocycles. The molecule has 1 aromatic rings. The van der Waals surface area contributed by atoms with Gasteiger partial charge in [-0.05, 0) is 69.9 Å². The highest BCUT2D eigenvalue weighted by Gasteiger charge is 2.16. The first kappa shape index (κ1) is 23.4. The third-order valence-electron chi connectivity index (χ3n) is 4.63. The Hall–Kier alpha value is -2.83. The van der Waals surface area contributed by atoms with Crippen molar-refractivity contribution in [2.45, 2.75) is 64.9 Å². The quantitative estimate of drug-likeness (QED) is 0.566. The van der Waals surface area contributed by atoms with E-state index in [2.05, 4.69) is 16.0 Å². The molecule has 1 aromatic carbocycles. The summed E-state index contributed by atoms with van der Waals surface area (Å²) in [6, 6.07) is 6.92. The second-order valence-corrected chi connectivity index (χ2v) is 8.55. The number of carbonyl (C=O) groups is 3. The van der Waals surface area contributed by atoms with Crippen LogP contribution in [0, 0.1) is 5.92 Å². The van der Waals surface area contributed by atoms with Crippen LogP contribution >= 0.6 is 0 Å². The molecule has 164 valence electrons. The van der Waals surface area contributed by atoms with Crippen molar-refractivity contribution < 1.29 is 19.1 Å². The first-order valence-corrected chi connectivity index (χ1v) is 10.6. The highest BCUT2D eigenvalue weighted by Crippen LogP contribution is 2.24. The van der Waals surface area contributed by atoms with Crippen LogP contribution in [-0.2, 0) is 14.3 Å². The largest absolute Gasteiger partial charge is 0.444 e. The predicted molar refractivity (Wildman–Crippen MR) is 118 cm³/mol. The zero-order chi connectivity index (χ0) is 22.0. The maximum absolute atomic E-state index is 12.1. The molecule has 30 heavy (non-hydrogen) atoms. The third kappa shape index (κ3) is 9.58. The van der Waals surface area contributed by atoms with E-state index in [0.717, 1.165) is 12.8 Å². The van der Waals surface area contributed by atoms with Crippen molar-refractivity contribution in [1.29, 1.82) is 0 Å². The van der Waals surface area contributed by atoms with E-state index in [0.29, 0.717) is 17.3 Å². The summed E-state index contributed by atoms with van der Waals surface area (Å²) in [6.45, 7) is 5.51. The smallest absolute Gasteiger partial charge is 0.407 e. The van der Waals surface area contributed by atoms with Gasteiger partial charge in [0, 0.05) is 24.3 Å². The maximum Gasteiger partial charge on any atom is 0.407 e. The fraction of sp³-hybridized carbons (Fsp3) is 0.522. The molecule has 1 fully saturated rings. The number of rotatable bonds is 7. The second-order valence-electron chi connectivity index (χ2n) is 8.55. The standard InChI is InChI=1S/C23H33N3O4/c1-23(2,3)30-22(29)24-16-15-21(28)26-19-12-10-18(11-13-19)25-20(27)14-9-17-7-5-4-6-8-17/h9-14,17H,4-8,15-16H2,1-3H3,(H,24,29)(H,25,27)(H,26,28)/b14-9+. The summed E-state index contributed by atoms with van der Waals surface area (Å²) in [5.74, 6) is 0.135. The molecule has 1 aliphatic carbocycles. The molecular weight excluding hydrogens is 382 g/mol. The molecule has 2 rings (SSSR count). The summed E-state index contributed by atoms with van der Waals surface area (Å²) in [5, 5.41) is 8.13. The molecule has 0 aromatic heterocycles. The van der Waals surface area contributed by atoms with Gasteiger partial charge in [0.1, 0.15) is 5.60 Å². The van der Waals surface area contributed by atoms with Gasteiger partial charge in [-0.2, -0.15) is 0 Å². The van der Waals surface area contributed by atoms with Gasteiger partial charge < -0.3 is 20.7 Å². The molecule has 0 radical (unpaired) electrons. The Kier molecular flexibility index (Phi) is 8.89. The highest BCUT2D eigenvalue weighted by atomic mass is 16.6. The summed E-state index contributed by atoms with van der Waals surface area (Å²) in [6.07, 6.45) is 9.28. The molecule has 0 spiro atoms. The van der Waals surface area contributed by atoms with Crippen molar-refractivity contribution in [3.05, 3.63) is 36.4 Å². The molecule has 0 unspecified atom stereocenters. The van der Waals surface area contributed by atoms with Crippen LogP contribution in [-0.4, -0.2) is 30.1 Å². The van der Waals surface area contributed by atoms with Gasteiger partial charge >= 0.3 is 6.09 Å². The number of amides is 3. The fourth-order valence-corrected chi connectivity index (χ4v) is 3.19. The van der Waals surface area contributed by atoms with Crippen molar-refractivity contribution in [2.24, 2.45) is 5.92 Å². The topological polar surface area (TPSA) is 96.5 Å². The van der Waals surface area contributed by atoms with Crippen LogP contribution in [0.2, 0.25) is 0 Å². The Morgan fingerprint density at radius 1 is 1.00 bits per heavy atom. The summed E-state index contributed by atoms with van der Waals surface area (Å²) >= 11 is 0. The van der Waals surface area contributed by atoms with Crippen LogP contribution in [0.25, 0.3) is 0 Å². The van der Waals surface area contributed by atoms with Crippen molar-refractivity contribution >= 4 is 29.3 Å². The minimum Gasteiger partial charge on any atom is -0.444 e. The minimum absolute atomic E-state index is 0.129. The Labute approximate surface area is 178 Å². The third-order valence-corrected chi connectivity index (χ3v) is 4.63. The lowest BCUT2D eigenvalue weighted by Gasteiger charge is -2.19. The van der Waals surface area contributed by atoms with Gasteiger partial charge in [0.25, 0.3) is 0 Å². The highest BCUT2D eigenvalue weighted by molar-refractivity contribution is 5.99. The van der Waals surface area contributed by atoms with Gasteiger partial charge in [-0.25, -0.2) is 4.79 Å². The summed E-state index contributed by atoms with van der Waals surface area (Å²) in [5.41, 5.74) is 0.709. The number of allylic oxidation sites excluding steroid dienone is 1. The minimum atomic E-state index is -0.574. The van der Waals surface area contributed by atoms with Gasteiger partial charge in [0.15, 0.2) is 0 Å². The van der Waals surface area contributed by atoms with Crippen molar-refractivity contribution in [2.75, 3.05) is 17.2 Å². The number of ether oxygens (including phenoxy) is 1. The lowest BCUT2D eigenvalue weighted by atomic mass is 9.89. The Morgan fingerprint density at radius 3 is 2.20 bits per heavy atom. The van der Waals surface area contributed by atoms with Crippen molar-refractivity contribution in [1.82, 2.24) is 5.32 Å². The number of anilines is 2. The Bertz CT molecular complexity index is 745. The van der Waals surface area contributed by atoms with Gasteiger partial charge in [0.05, 0.1) is 0 Å². The van der Waals surface area contributed by atoms with Crippen LogP contribution in [0.15, 0.2) is 36.4 Å². The number of hydrogen-bond acceptors (Lipinski definition) is 4. The number of carbonyl (C=O) groups excluding carboxylic acids is 3. The number of alkyl carbamates (subject to hydrolysis) is 1. The van der Waals surface area contributed by atoms with Gasteiger partial charge in [-0.1, -0.05) is 25.3 Å². The molecule has 1 saturated carbocycles. The Balaban J connectivity index is 1.70. The van der Waals surface area contributed by atoms with Gasteiger partial charge in [-0.3, -0.25) is 9.59 Å². The monoisotopic (exact) mass is 415 g/mol. The molecule has 7 heteroatoms. The van der Waals surface area contributed by atoms with E-state index in [-0.39, 0.29) is 24.8 Å². The summed E-state index contributed by atoms with van der Waals surface area (Å²) < 4.78 is 5.11. The fourth-order valence-electron chi connectivity index (χ4n) is 3.19. The first-order valence-electron chi connectivity index (χ1n) is 10.6. The summed E-state index contributed by atoms with van der Waals surface area (Å²) in [7, 11) is 0. The second kappa shape index (κ2) is 11.4. The van der Waals surface area contributed by atoms with Gasteiger partial charge in [-0.15, -0.1) is 0 Å². The van der Waals surface area contributed by atoms with Crippen LogP contribution < -0.4 is 16.0 Å². The summed E-state index contributed by atoms with van der Waals surface area (Å²) in [4.78, 5) is 35.6. The molecule has 0 heterocycles. The van der Waals surface area contributed by atoms with E-state index >= 15 is 0 Å². The van der Waals surface area contributed by atoms with Crippen LogP contribution in [0.4, 0.5) is 16.2 Å². The van der Waals surface area contributed by atoms with E-state index in [4.69, 9.17) is 4.74 Å². The molecule has 0 bridgehead atoms. The van der Waals surface area contributed by atoms with Crippen LogP contribution in [0.1, 0.15) is 59.3 Å². The lowest BCUT2D eigenvalue weighted by Crippen LogP contribution is -2.34. The molecule has 0 aliphatic heterocycles. The average Bonchev–Trinajstić information content (AvgIpc) is 2.67. The molecule has 3 N–H and O–H groups in total. The molecule has 3 amide bonds. The SMILES string of the molecule is CC(C)(C)OC(=O)NCCC(=O)Nc1ccc(NC(=O)/C=C/C2CCCCC2)cc1. The zero-order valence-electron chi connectivity index (χ0n) is 18.1. The van der Waals surface area contributed by atoms with Gasteiger partial charge in [0.2, 0.25) is 11.8 Å². The van der Waals surface area contributed by atoms with E-state index in [1.807, 2.05) is 6.08 Å². The van der Waals surface area contributed by atoms with E-state index in [1.165, 1.54) is 19.3 Å². The van der Waals surface area contributed by atoms with Crippen molar-refractivity contribution in [3.63, 3.8) is 0 Å². The number of hydrogen-bond donors (Lipinski definition) is 3. The predicted octanol–water partition coefficient (Wildman–Crippen LogP) is 4.61. The van der Waals surface area contributed by atoms with Crippen LogP contribution in [0.3, 0.4) is 0 Å². The molecular formula is C23H33N3O4. The average molecular weight is 416 g/mol. The van der Waals surface area contributed by atoms with E-state index < -0.39 is 11.7 Å². The zero-order valence-corrected chi connectivity index (χ0v) is 18.1. The molecule has 1 aliphatic rings. The van der Waals surface area contributed by atoms with E-state index in [9.17, 15) is 14.4 Å². The molecule has 0 atom stereocenters. The first-order chi connectivity index (χ1) is 14.2. The number of benzene rings is 1. The molecule has 7 nitrogen and oxygen atoms in total. The Morgan fingerprint density at radius 2 is 1.60 bits per heavy atom. The van der Waals surface area contributed by atoms with Crippen molar-refractivity contribution in [3.8, 4) is 0 Å².